The van der Waals surface area contributed by atoms with Gasteiger partial charge < -0.3 is 15.2 Å². The molecule has 30 heavy (non-hydrogen) atoms. The Bertz CT molecular complexity index is 1100. The number of nitrogens with zero attached hydrogens (tertiary/aromatic N) is 3. The molecule has 2 aromatic heterocycles. The highest BCUT2D eigenvalue weighted by Crippen LogP contribution is 2.19. The first-order valence-corrected chi connectivity index (χ1v) is 9.84. The van der Waals surface area contributed by atoms with Crippen molar-refractivity contribution in [2.24, 2.45) is 7.05 Å². The zero-order valence-electron chi connectivity index (χ0n) is 16.9. The van der Waals surface area contributed by atoms with Gasteiger partial charge in [-0.2, -0.15) is 5.10 Å². The number of amides is 4. The predicted octanol–water partition coefficient (Wildman–Crippen LogP) is 1.38. The average Bonchev–Trinajstić information content (AvgIpc) is 3.26. The Labute approximate surface area is 173 Å². The third kappa shape index (κ3) is 4.05. The lowest BCUT2D eigenvalue weighted by Gasteiger charge is -2.29. The molecule has 4 rings (SSSR count). The fourth-order valence-corrected chi connectivity index (χ4v) is 3.85. The van der Waals surface area contributed by atoms with Crippen LogP contribution in [0.15, 0.2) is 36.5 Å². The van der Waals surface area contributed by atoms with Crippen molar-refractivity contribution >= 4 is 28.7 Å². The first kappa shape index (κ1) is 19.7. The van der Waals surface area contributed by atoms with Gasteiger partial charge in [0.25, 0.3) is 0 Å². The second-order valence-electron chi connectivity index (χ2n) is 7.55. The molecule has 3 heterocycles. The van der Waals surface area contributed by atoms with E-state index in [4.69, 9.17) is 0 Å². The number of urea groups is 1. The minimum atomic E-state index is -0.872. The number of fused-ring (bicyclic) bond motifs is 1. The zero-order valence-corrected chi connectivity index (χ0v) is 16.9. The monoisotopic (exact) mass is 408 g/mol. The molecule has 156 valence electrons. The van der Waals surface area contributed by atoms with E-state index >= 15 is 0 Å². The van der Waals surface area contributed by atoms with E-state index < -0.39 is 18.0 Å². The van der Waals surface area contributed by atoms with Crippen molar-refractivity contribution in [3.63, 3.8) is 0 Å². The summed E-state index contributed by atoms with van der Waals surface area (Å²) in [5, 5.41) is 10.2. The molecular formula is C21H24N6O3. The summed E-state index contributed by atoms with van der Waals surface area (Å²) in [6.45, 7) is 2.68. The number of rotatable bonds is 6. The number of H-pyrrole nitrogens is 1. The maximum Gasteiger partial charge on any atom is 0.322 e. The number of carbonyl (C=O) groups excluding carboxylic acids is 3. The average molecular weight is 408 g/mol. The van der Waals surface area contributed by atoms with Crippen LogP contribution < -0.4 is 10.6 Å². The Morgan fingerprint density at radius 1 is 1.30 bits per heavy atom. The highest BCUT2D eigenvalue weighted by molar-refractivity contribution is 6.02. The predicted molar refractivity (Wildman–Crippen MR) is 110 cm³/mol. The van der Waals surface area contributed by atoms with Crippen LogP contribution >= 0.6 is 0 Å². The largest absolute Gasteiger partial charge is 0.361 e. The smallest absolute Gasteiger partial charge is 0.322 e. The molecule has 0 saturated carbocycles. The minimum absolute atomic E-state index is 0.0709. The standard InChI is InChI=1S/C21H24N6O3/c1-13-9-15(26(2)25-13)12-27(20(29)18-10-19(28)24-21(30)23-18)8-7-14-11-22-17-6-4-3-5-16(14)17/h3-6,9,11,18,22H,7-8,10,12H2,1-2H3,(H2,23,24,28,30)/t18-/m0/s1. The van der Waals surface area contributed by atoms with Gasteiger partial charge >= 0.3 is 6.03 Å². The maximum atomic E-state index is 13.2. The third-order valence-electron chi connectivity index (χ3n) is 5.34. The zero-order chi connectivity index (χ0) is 21.3. The lowest BCUT2D eigenvalue weighted by atomic mass is 10.1. The number of aromatic amines is 1. The van der Waals surface area contributed by atoms with Gasteiger partial charge in [-0.1, -0.05) is 18.2 Å². The van der Waals surface area contributed by atoms with Gasteiger partial charge in [0.05, 0.1) is 24.4 Å². The number of aromatic nitrogens is 3. The summed E-state index contributed by atoms with van der Waals surface area (Å²) in [6.07, 6.45) is 2.52. The number of hydrogen-bond acceptors (Lipinski definition) is 4. The number of carbonyl (C=O) groups is 3. The highest BCUT2D eigenvalue weighted by Gasteiger charge is 2.32. The molecule has 1 saturated heterocycles. The number of hydrogen-bond donors (Lipinski definition) is 3. The van der Waals surface area contributed by atoms with Gasteiger partial charge in [0.1, 0.15) is 6.04 Å². The van der Waals surface area contributed by atoms with E-state index in [-0.39, 0.29) is 12.3 Å². The Morgan fingerprint density at radius 2 is 2.10 bits per heavy atom. The third-order valence-corrected chi connectivity index (χ3v) is 5.34. The summed E-state index contributed by atoms with van der Waals surface area (Å²) in [5.41, 5.74) is 3.90. The summed E-state index contributed by atoms with van der Waals surface area (Å²) in [5.74, 6) is -0.734. The summed E-state index contributed by atoms with van der Waals surface area (Å²) in [7, 11) is 1.83. The number of benzene rings is 1. The summed E-state index contributed by atoms with van der Waals surface area (Å²) in [4.78, 5) is 41.6. The molecule has 9 nitrogen and oxygen atoms in total. The normalized spacial score (nSPS) is 16.4. The molecule has 0 bridgehead atoms. The molecule has 0 unspecified atom stereocenters. The molecule has 9 heteroatoms. The topological polar surface area (TPSA) is 112 Å². The maximum absolute atomic E-state index is 13.2. The van der Waals surface area contributed by atoms with Crippen molar-refractivity contribution < 1.29 is 14.4 Å². The Hall–Kier alpha value is -3.62. The van der Waals surface area contributed by atoms with Crippen molar-refractivity contribution in [1.29, 1.82) is 0 Å². The molecule has 0 spiro atoms. The molecule has 1 aliphatic rings. The molecular weight excluding hydrogens is 384 g/mol. The van der Waals surface area contributed by atoms with Gasteiger partial charge in [-0.05, 0) is 31.0 Å². The van der Waals surface area contributed by atoms with Crippen molar-refractivity contribution in [2.75, 3.05) is 6.54 Å². The molecule has 1 aliphatic heterocycles. The minimum Gasteiger partial charge on any atom is -0.361 e. The summed E-state index contributed by atoms with van der Waals surface area (Å²) < 4.78 is 1.74. The van der Waals surface area contributed by atoms with Crippen molar-refractivity contribution in [3.8, 4) is 0 Å². The Balaban J connectivity index is 1.56. The van der Waals surface area contributed by atoms with Crippen LogP contribution in [0.5, 0.6) is 0 Å². The van der Waals surface area contributed by atoms with Crippen LogP contribution in [0.1, 0.15) is 23.4 Å². The first-order valence-electron chi connectivity index (χ1n) is 9.84. The molecule has 0 aliphatic carbocycles. The summed E-state index contributed by atoms with van der Waals surface area (Å²) >= 11 is 0. The van der Waals surface area contributed by atoms with Crippen molar-refractivity contribution in [2.45, 2.75) is 32.4 Å². The van der Waals surface area contributed by atoms with E-state index in [1.54, 1.807) is 9.58 Å². The van der Waals surface area contributed by atoms with E-state index in [1.807, 2.05) is 50.5 Å². The van der Waals surface area contributed by atoms with E-state index in [0.29, 0.717) is 19.5 Å². The highest BCUT2D eigenvalue weighted by atomic mass is 16.2. The number of imide groups is 1. The van der Waals surface area contributed by atoms with Crippen LogP contribution in [0.4, 0.5) is 4.79 Å². The van der Waals surface area contributed by atoms with Crippen LogP contribution in [0.3, 0.4) is 0 Å². The van der Waals surface area contributed by atoms with E-state index in [0.717, 1.165) is 27.9 Å². The fourth-order valence-electron chi connectivity index (χ4n) is 3.85. The van der Waals surface area contributed by atoms with Gasteiger partial charge in [-0.15, -0.1) is 0 Å². The summed E-state index contributed by atoms with van der Waals surface area (Å²) in [6, 6.07) is 8.43. The second-order valence-corrected chi connectivity index (χ2v) is 7.55. The van der Waals surface area contributed by atoms with Crippen LogP contribution in [0.25, 0.3) is 10.9 Å². The molecule has 1 aromatic carbocycles. The lowest BCUT2D eigenvalue weighted by molar-refractivity contribution is -0.137. The molecule has 1 atom stereocenters. The lowest BCUT2D eigenvalue weighted by Crippen LogP contribution is -2.58. The van der Waals surface area contributed by atoms with Gasteiger partial charge in [0, 0.05) is 30.7 Å². The number of nitrogens with one attached hydrogen (secondary N) is 3. The molecule has 1 fully saturated rings. The number of para-hydroxylation sites is 1. The fraction of sp³-hybridized carbons (Fsp3) is 0.333. The van der Waals surface area contributed by atoms with E-state index in [1.165, 1.54) is 0 Å². The van der Waals surface area contributed by atoms with Crippen molar-refractivity contribution in [3.05, 3.63) is 53.5 Å². The first-order chi connectivity index (χ1) is 14.4. The van der Waals surface area contributed by atoms with Crippen LogP contribution in [0, 0.1) is 6.92 Å². The van der Waals surface area contributed by atoms with Gasteiger partial charge in [0.15, 0.2) is 0 Å². The quantitative estimate of drug-likeness (QED) is 0.572. The number of aryl methyl sites for hydroxylation is 2. The van der Waals surface area contributed by atoms with Crippen LogP contribution in [0.2, 0.25) is 0 Å². The van der Waals surface area contributed by atoms with Crippen molar-refractivity contribution in [1.82, 2.24) is 30.3 Å². The molecule has 3 N–H and O–H groups in total. The van der Waals surface area contributed by atoms with Gasteiger partial charge in [-0.3, -0.25) is 19.6 Å². The second kappa shape index (κ2) is 8.02. The van der Waals surface area contributed by atoms with Crippen LogP contribution in [-0.2, 0) is 29.6 Å². The van der Waals surface area contributed by atoms with Gasteiger partial charge in [0.2, 0.25) is 11.8 Å². The van der Waals surface area contributed by atoms with E-state index in [2.05, 4.69) is 20.7 Å². The van der Waals surface area contributed by atoms with Crippen LogP contribution in [-0.4, -0.2) is 50.1 Å². The molecule has 3 aromatic rings. The molecule has 0 radical (unpaired) electrons. The SMILES string of the molecule is Cc1cc(CN(CCc2c[nH]c3ccccc23)C(=O)[C@@H]2CC(=O)NC(=O)N2)n(C)n1. The Morgan fingerprint density at radius 3 is 2.83 bits per heavy atom. The van der Waals surface area contributed by atoms with E-state index in [9.17, 15) is 14.4 Å². The van der Waals surface area contributed by atoms with Gasteiger partial charge in [-0.25, -0.2) is 4.79 Å². The Kier molecular flexibility index (Phi) is 5.26. The molecule has 4 amide bonds.